The average Bonchev–Trinajstić information content (AvgIpc) is 1.63. The van der Waals surface area contributed by atoms with Gasteiger partial charge in [-0.1, -0.05) is 6.92 Å². The zero-order chi connectivity index (χ0) is 5.82. The summed E-state index contributed by atoms with van der Waals surface area (Å²) in [7, 11) is 0. The van der Waals surface area contributed by atoms with Crippen molar-refractivity contribution in [3.63, 3.8) is 0 Å². The molecular weight excluding hydrogens is 98.1 g/mol. The Balaban J connectivity index is 2.40. The summed E-state index contributed by atoms with van der Waals surface area (Å²) in [5.41, 5.74) is 1.40. The minimum Gasteiger partial charge on any atom is -0.107 e. The van der Waals surface area contributed by atoms with E-state index in [4.69, 9.17) is 0 Å². The third-order valence-corrected chi connectivity index (χ3v) is 1.39. The van der Waals surface area contributed by atoms with Gasteiger partial charge in [-0.25, -0.2) is 0 Å². The van der Waals surface area contributed by atoms with Crippen LogP contribution in [0.4, 0.5) is 0 Å². The van der Waals surface area contributed by atoms with Crippen LogP contribution in [-0.4, -0.2) is 11.9 Å². The van der Waals surface area contributed by atoms with Gasteiger partial charge < -0.3 is 0 Å². The molecule has 1 fully saturated rings. The Hall–Kier alpha value is -0.550. The summed E-state index contributed by atoms with van der Waals surface area (Å²) in [6, 6.07) is 0. The van der Waals surface area contributed by atoms with Crippen molar-refractivity contribution in [1.29, 1.82) is 0 Å². The van der Waals surface area contributed by atoms with Gasteiger partial charge in [0.25, 0.3) is 11.9 Å². The molecule has 44 valence electrons. The van der Waals surface area contributed by atoms with Gasteiger partial charge in [0.15, 0.2) is 0 Å². The SMILES string of the molecule is CCC=[N+]=C1CCC1. The van der Waals surface area contributed by atoms with E-state index < -0.39 is 0 Å². The lowest BCUT2D eigenvalue weighted by Crippen LogP contribution is -2.12. The molecule has 8 heavy (non-hydrogen) atoms. The van der Waals surface area contributed by atoms with Crippen LogP contribution >= 0.6 is 0 Å². The molecule has 0 atom stereocenters. The summed E-state index contributed by atoms with van der Waals surface area (Å²) in [4.78, 5) is 0. The van der Waals surface area contributed by atoms with E-state index in [1.165, 1.54) is 25.0 Å². The Morgan fingerprint density at radius 3 is 2.75 bits per heavy atom. The fourth-order valence-electron chi connectivity index (χ4n) is 0.684. The smallest absolute Gasteiger partial charge is 0.107 e. The molecule has 0 heterocycles. The quantitative estimate of drug-likeness (QED) is 0.355. The molecule has 0 aliphatic heterocycles. The standard InChI is InChI=1S/C7H12N/c1-2-6-8-7-4-3-5-7/h6H,2-5H2,1H3/q+1. The van der Waals surface area contributed by atoms with Gasteiger partial charge in [0.05, 0.1) is 0 Å². The maximum atomic E-state index is 4.24. The minimum atomic E-state index is 1.07. The lowest BCUT2D eigenvalue weighted by molar-refractivity contribution is 0.801. The van der Waals surface area contributed by atoms with Crippen LogP contribution in [0.1, 0.15) is 32.6 Å². The summed E-state index contributed by atoms with van der Waals surface area (Å²) in [5.74, 6) is 0. The van der Waals surface area contributed by atoms with E-state index >= 15 is 0 Å². The largest absolute Gasteiger partial charge is 0.280 e. The number of hydrogen-bond donors (Lipinski definition) is 0. The van der Waals surface area contributed by atoms with Crippen molar-refractivity contribution in [2.45, 2.75) is 32.6 Å². The molecule has 1 aliphatic rings. The normalized spacial score (nSPS) is 16.9. The highest BCUT2D eigenvalue weighted by molar-refractivity contribution is 5.90. The first-order valence-corrected chi connectivity index (χ1v) is 3.30. The molecule has 0 unspecified atom stereocenters. The molecule has 0 bridgehead atoms. The van der Waals surface area contributed by atoms with Crippen molar-refractivity contribution in [2.24, 2.45) is 0 Å². The predicted octanol–water partition coefficient (Wildman–Crippen LogP) is 1.16. The maximum Gasteiger partial charge on any atom is 0.280 e. The Kier molecular flexibility index (Phi) is 1.87. The third-order valence-electron chi connectivity index (χ3n) is 1.39. The summed E-state index contributed by atoms with van der Waals surface area (Å²) in [6.45, 7) is 2.11. The highest BCUT2D eigenvalue weighted by Gasteiger charge is 2.18. The molecule has 0 saturated heterocycles. The van der Waals surface area contributed by atoms with Crippen LogP contribution < -0.4 is 4.67 Å². The summed E-state index contributed by atoms with van der Waals surface area (Å²) < 4.78 is 4.24. The van der Waals surface area contributed by atoms with Crippen molar-refractivity contribution >= 4 is 11.9 Å². The van der Waals surface area contributed by atoms with Crippen LogP contribution in [0.3, 0.4) is 0 Å². The van der Waals surface area contributed by atoms with Crippen molar-refractivity contribution < 1.29 is 0 Å². The molecule has 1 heteroatoms. The van der Waals surface area contributed by atoms with Crippen LogP contribution in [0.25, 0.3) is 0 Å². The van der Waals surface area contributed by atoms with Crippen LogP contribution in [0.15, 0.2) is 0 Å². The van der Waals surface area contributed by atoms with E-state index in [0.717, 1.165) is 6.42 Å². The third kappa shape index (κ3) is 1.21. The Bertz CT molecular complexity index is 123. The first-order chi connectivity index (χ1) is 3.93. The highest BCUT2D eigenvalue weighted by Crippen LogP contribution is 2.10. The molecule has 0 N–H and O–H groups in total. The van der Waals surface area contributed by atoms with Gasteiger partial charge in [0, 0.05) is 19.3 Å². The second kappa shape index (κ2) is 2.68. The first kappa shape index (κ1) is 5.58. The Morgan fingerprint density at radius 2 is 2.38 bits per heavy atom. The first-order valence-electron chi connectivity index (χ1n) is 3.30. The Morgan fingerprint density at radius 1 is 1.62 bits per heavy atom. The predicted molar refractivity (Wildman–Crippen MR) is 37.3 cm³/mol. The zero-order valence-electron chi connectivity index (χ0n) is 5.35. The van der Waals surface area contributed by atoms with Gasteiger partial charge >= 0.3 is 0 Å². The minimum absolute atomic E-state index is 1.07. The highest BCUT2D eigenvalue weighted by atomic mass is 14.6. The summed E-state index contributed by atoms with van der Waals surface area (Å²) in [5, 5.41) is 0. The van der Waals surface area contributed by atoms with E-state index in [1.807, 2.05) is 6.21 Å². The van der Waals surface area contributed by atoms with Gasteiger partial charge in [-0.3, -0.25) is 0 Å². The molecule has 1 saturated carbocycles. The summed E-state index contributed by atoms with van der Waals surface area (Å²) >= 11 is 0. The second-order valence-electron chi connectivity index (χ2n) is 2.14. The molecule has 0 aromatic carbocycles. The molecule has 0 amide bonds. The van der Waals surface area contributed by atoms with Crippen LogP contribution in [0.5, 0.6) is 0 Å². The van der Waals surface area contributed by atoms with E-state index in [9.17, 15) is 0 Å². The number of rotatable bonds is 1. The van der Waals surface area contributed by atoms with Crippen LogP contribution in [-0.2, 0) is 0 Å². The van der Waals surface area contributed by atoms with Gasteiger partial charge in [-0.2, -0.15) is 0 Å². The zero-order valence-corrected chi connectivity index (χ0v) is 5.35. The lowest BCUT2D eigenvalue weighted by Gasteiger charge is -1.99. The van der Waals surface area contributed by atoms with Gasteiger partial charge in [-0.05, 0) is 6.42 Å². The monoisotopic (exact) mass is 110 g/mol. The number of hydrogen-bond acceptors (Lipinski definition) is 0. The van der Waals surface area contributed by atoms with Crippen LogP contribution in [0.2, 0.25) is 0 Å². The van der Waals surface area contributed by atoms with Crippen LogP contribution in [0, 0.1) is 0 Å². The average molecular weight is 110 g/mol. The molecule has 1 aliphatic carbocycles. The van der Waals surface area contributed by atoms with E-state index in [2.05, 4.69) is 11.6 Å². The molecular formula is C7H12N+. The number of nitrogens with zero attached hydrogens (tertiary/aromatic N) is 1. The van der Waals surface area contributed by atoms with E-state index in [0.29, 0.717) is 0 Å². The van der Waals surface area contributed by atoms with Crippen molar-refractivity contribution in [2.75, 3.05) is 0 Å². The van der Waals surface area contributed by atoms with Crippen molar-refractivity contribution in [3.05, 3.63) is 0 Å². The van der Waals surface area contributed by atoms with Gasteiger partial charge in [0.1, 0.15) is 0 Å². The molecule has 0 spiro atoms. The molecule has 1 nitrogen and oxygen atoms in total. The fraction of sp³-hybridized carbons (Fsp3) is 0.714. The van der Waals surface area contributed by atoms with Crippen molar-refractivity contribution in [1.82, 2.24) is 4.67 Å². The van der Waals surface area contributed by atoms with E-state index in [-0.39, 0.29) is 0 Å². The summed E-state index contributed by atoms with van der Waals surface area (Å²) in [6.07, 6.45) is 6.92. The molecule has 0 aromatic rings. The van der Waals surface area contributed by atoms with Gasteiger partial charge in [-0.15, -0.1) is 4.67 Å². The second-order valence-corrected chi connectivity index (χ2v) is 2.14. The maximum absolute atomic E-state index is 4.24. The molecule has 0 aromatic heterocycles. The molecule has 1 rings (SSSR count). The topological polar surface area (TPSA) is 14.1 Å². The molecule has 0 radical (unpaired) electrons. The van der Waals surface area contributed by atoms with E-state index in [1.54, 1.807) is 0 Å². The Labute approximate surface area is 50.2 Å². The fourth-order valence-corrected chi connectivity index (χ4v) is 0.684. The van der Waals surface area contributed by atoms with Gasteiger partial charge in [0.2, 0.25) is 0 Å². The lowest BCUT2D eigenvalue weighted by atomic mass is 9.98. The van der Waals surface area contributed by atoms with Crippen molar-refractivity contribution in [3.8, 4) is 0 Å².